The summed E-state index contributed by atoms with van der Waals surface area (Å²) >= 11 is 0. The van der Waals surface area contributed by atoms with Crippen molar-refractivity contribution in [3.63, 3.8) is 0 Å². The zero-order valence-electron chi connectivity index (χ0n) is 27.6. The minimum atomic E-state index is -0.522. The Labute approximate surface area is 260 Å². The second-order valence-electron chi connectivity index (χ2n) is 15.6. The molecule has 2 bridgehead atoms. The highest BCUT2D eigenvalue weighted by Crippen LogP contribution is 2.76. The third-order valence-corrected chi connectivity index (χ3v) is 12.7. The van der Waals surface area contributed by atoms with Crippen molar-refractivity contribution in [2.75, 3.05) is 0 Å². The van der Waals surface area contributed by atoms with Crippen LogP contribution in [0, 0.1) is 28.6 Å². The van der Waals surface area contributed by atoms with Crippen LogP contribution in [0.25, 0.3) is 0 Å². The van der Waals surface area contributed by atoms with E-state index >= 15 is 0 Å². The molecule has 6 rings (SSSR count). The molecule has 4 aliphatic rings. The molecule has 4 fully saturated rings. The van der Waals surface area contributed by atoms with Crippen molar-refractivity contribution in [2.24, 2.45) is 28.6 Å². The molecule has 0 spiro atoms. The van der Waals surface area contributed by atoms with E-state index in [9.17, 15) is 4.79 Å². The lowest BCUT2D eigenvalue weighted by Crippen LogP contribution is -2.50. The Bertz CT molecular complexity index is 1360. The van der Waals surface area contributed by atoms with Gasteiger partial charge in [0, 0.05) is 23.2 Å². The molecule has 3 aliphatic carbocycles. The van der Waals surface area contributed by atoms with Crippen molar-refractivity contribution in [3.8, 4) is 0 Å². The summed E-state index contributed by atoms with van der Waals surface area (Å²) in [6, 6.07) is 21.4. The van der Waals surface area contributed by atoms with Crippen LogP contribution >= 0.6 is 0 Å². The number of benzene rings is 2. The van der Waals surface area contributed by atoms with Gasteiger partial charge >= 0.3 is 13.1 Å². The Morgan fingerprint density at radius 1 is 0.977 bits per heavy atom. The van der Waals surface area contributed by atoms with Gasteiger partial charge in [-0.1, -0.05) is 114 Å². The van der Waals surface area contributed by atoms with Crippen LogP contribution in [0.2, 0.25) is 6.32 Å². The fraction of sp³-hybridized carbons (Fsp3) is 0.605. The molecule has 7 atom stereocenters. The quantitative estimate of drug-likeness (QED) is 0.186. The van der Waals surface area contributed by atoms with Crippen LogP contribution in [0.4, 0.5) is 0 Å². The zero-order valence-corrected chi connectivity index (χ0v) is 27.6. The van der Waals surface area contributed by atoms with E-state index in [4.69, 9.17) is 14.0 Å². The van der Waals surface area contributed by atoms with E-state index in [0.717, 1.165) is 37.7 Å². The van der Waals surface area contributed by atoms with Gasteiger partial charge in [0.05, 0.1) is 6.10 Å². The molecule has 0 N–H and O–H groups in total. The number of hydrogen-bond acceptors (Lipinski definition) is 4. The maximum atomic E-state index is 14.1. The molecule has 1 heterocycles. The highest BCUT2D eigenvalue weighted by molar-refractivity contribution is 6.47. The van der Waals surface area contributed by atoms with E-state index in [-0.39, 0.29) is 40.3 Å². The van der Waals surface area contributed by atoms with Gasteiger partial charge < -0.3 is 14.0 Å². The average Bonchev–Trinajstić information content (AvgIpc) is 3.52. The Hall–Kier alpha value is -2.37. The smallest absolute Gasteiger partial charge is 0.459 e. The van der Waals surface area contributed by atoms with Gasteiger partial charge in [0.2, 0.25) is 0 Å². The Morgan fingerprint density at radius 3 is 2.28 bits per heavy atom. The van der Waals surface area contributed by atoms with Gasteiger partial charge in [-0.05, 0) is 73.3 Å². The van der Waals surface area contributed by atoms with E-state index in [1.54, 1.807) is 0 Å². The summed E-state index contributed by atoms with van der Waals surface area (Å²) < 4.78 is 20.5. The zero-order chi connectivity index (χ0) is 30.8. The second-order valence-corrected chi connectivity index (χ2v) is 15.6. The summed E-state index contributed by atoms with van der Waals surface area (Å²) in [5.41, 5.74) is 3.57. The monoisotopic (exact) mass is 582 g/mol. The number of fused-ring (bicyclic) bond motifs is 5. The van der Waals surface area contributed by atoms with Gasteiger partial charge in [0.15, 0.2) is 0 Å². The summed E-state index contributed by atoms with van der Waals surface area (Å²) in [6.45, 7) is 18.1. The topological polar surface area (TPSA) is 44.8 Å². The molecule has 0 radical (unpaired) electrons. The number of hydrogen-bond donors (Lipinski definition) is 0. The Balaban J connectivity index is 1.25. The van der Waals surface area contributed by atoms with E-state index in [2.05, 4.69) is 102 Å². The van der Waals surface area contributed by atoms with Crippen molar-refractivity contribution in [1.82, 2.24) is 0 Å². The maximum Gasteiger partial charge on any atom is 0.462 e. The van der Waals surface area contributed by atoms with Gasteiger partial charge in [-0.15, -0.1) is 0 Å². The molecule has 2 aromatic carbocycles. The lowest BCUT2D eigenvalue weighted by molar-refractivity contribution is -0.151. The van der Waals surface area contributed by atoms with Crippen LogP contribution in [0.3, 0.4) is 0 Å². The molecule has 0 aromatic heterocycles. The highest BCUT2D eigenvalue weighted by atomic mass is 16.7. The van der Waals surface area contributed by atoms with E-state index in [1.165, 1.54) is 11.1 Å². The number of ether oxygens (including phenoxy) is 1. The van der Waals surface area contributed by atoms with Crippen molar-refractivity contribution >= 4 is 13.1 Å². The maximum absolute atomic E-state index is 14.1. The summed E-state index contributed by atoms with van der Waals surface area (Å²) in [6.07, 6.45) is 5.62. The van der Waals surface area contributed by atoms with Crippen molar-refractivity contribution in [2.45, 2.75) is 117 Å². The SMILES string of the molecule is CC(C)=C(CB1O[C@@H]2[C@H]3CC[C@](C)(C3(C)C)[C@]2(c2ccccc2)O1)C(=O)O[C@@H]1C[C@H](C)CC[C@H]1C(C)(C)c1ccccc1. The predicted octanol–water partition coefficient (Wildman–Crippen LogP) is 8.90. The Morgan fingerprint density at radius 2 is 1.63 bits per heavy atom. The number of carbonyl (C=O) groups excluding carboxylic acids is 1. The fourth-order valence-electron chi connectivity index (χ4n) is 9.67. The van der Waals surface area contributed by atoms with E-state index in [0.29, 0.717) is 23.7 Å². The number of rotatable bonds is 7. The van der Waals surface area contributed by atoms with Gasteiger partial charge in [0.25, 0.3) is 0 Å². The molecular formula is C38H51BO4. The third kappa shape index (κ3) is 4.67. The van der Waals surface area contributed by atoms with Gasteiger partial charge in [-0.2, -0.15) is 0 Å². The van der Waals surface area contributed by atoms with Gasteiger partial charge in [-0.3, -0.25) is 0 Å². The van der Waals surface area contributed by atoms with Crippen LogP contribution in [-0.4, -0.2) is 25.3 Å². The standard InChI is InChI=1S/C38H51BO4/c1-25(2)29(34(40)41-32-23-26(3)19-20-30(32)35(4,5)27-15-11-9-12-16-27)24-39-42-33-31-21-22-37(8,36(31,6)7)38(33,43-39)28-17-13-10-14-18-28/h9-18,26,30-33H,19-24H2,1-8H3/t26-,30-,31-,32-,33-,37-,38-/m1/s1. The van der Waals surface area contributed by atoms with Crippen LogP contribution in [0.5, 0.6) is 0 Å². The Kier molecular flexibility index (Phi) is 7.78. The van der Waals surface area contributed by atoms with Gasteiger partial charge in [0.1, 0.15) is 11.7 Å². The highest BCUT2D eigenvalue weighted by Gasteiger charge is 2.78. The largest absolute Gasteiger partial charge is 0.462 e. The molecular weight excluding hydrogens is 531 g/mol. The second kappa shape index (κ2) is 10.9. The van der Waals surface area contributed by atoms with Crippen molar-refractivity contribution < 1.29 is 18.8 Å². The molecule has 0 amide bonds. The molecule has 230 valence electrons. The molecule has 4 nitrogen and oxygen atoms in total. The first kappa shape index (κ1) is 30.7. The molecule has 3 saturated carbocycles. The van der Waals surface area contributed by atoms with E-state index in [1.807, 2.05) is 13.8 Å². The first-order valence-corrected chi connectivity index (χ1v) is 16.6. The fourth-order valence-corrected chi connectivity index (χ4v) is 9.67. The minimum absolute atomic E-state index is 0.0293. The summed E-state index contributed by atoms with van der Waals surface area (Å²) in [7, 11) is -0.486. The number of allylic oxidation sites excluding steroid dienone is 1. The van der Waals surface area contributed by atoms with Crippen LogP contribution in [0.1, 0.15) is 98.6 Å². The van der Waals surface area contributed by atoms with Crippen LogP contribution in [-0.2, 0) is 29.9 Å². The summed E-state index contributed by atoms with van der Waals surface area (Å²) in [4.78, 5) is 14.1. The molecule has 1 aliphatic heterocycles. The first-order chi connectivity index (χ1) is 20.3. The predicted molar refractivity (Wildman–Crippen MR) is 173 cm³/mol. The summed E-state index contributed by atoms with van der Waals surface area (Å²) in [5, 5.41) is 0. The molecule has 5 heteroatoms. The minimum Gasteiger partial charge on any atom is -0.459 e. The number of carbonyl (C=O) groups is 1. The molecule has 1 saturated heterocycles. The molecule has 43 heavy (non-hydrogen) atoms. The van der Waals surface area contributed by atoms with Crippen molar-refractivity contribution in [3.05, 3.63) is 82.9 Å². The summed E-state index contributed by atoms with van der Waals surface area (Å²) in [5.74, 6) is 0.989. The van der Waals surface area contributed by atoms with Crippen molar-refractivity contribution in [1.29, 1.82) is 0 Å². The number of esters is 1. The normalized spacial score (nSPS) is 34.6. The first-order valence-electron chi connectivity index (χ1n) is 16.6. The lowest BCUT2D eigenvalue weighted by atomic mass is 9.61. The van der Waals surface area contributed by atoms with Gasteiger partial charge in [-0.25, -0.2) is 4.79 Å². The average molecular weight is 583 g/mol. The lowest BCUT2D eigenvalue weighted by Gasteiger charge is -2.48. The van der Waals surface area contributed by atoms with E-state index < -0.39 is 12.7 Å². The molecule has 0 unspecified atom stereocenters. The molecule has 2 aromatic rings. The van der Waals surface area contributed by atoms with Crippen LogP contribution < -0.4 is 0 Å². The third-order valence-electron chi connectivity index (χ3n) is 12.7. The van der Waals surface area contributed by atoms with Crippen LogP contribution in [0.15, 0.2) is 71.8 Å².